The van der Waals surface area contributed by atoms with Gasteiger partial charge in [0.15, 0.2) is 5.11 Å². The van der Waals surface area contributed by atoms with E-state index in [4.69, 9.17) is 12.2 Å². The smallest absolute Gasteiger partial charge is 0.170 e. The van der Waals surface area contributed by atoms with Gasteiger partial charge in [0.25, 0.3) is 0 Å². The molecule has 0 aliphatic carbocycles. The van der Waals surface area contributed by atoms with Gasteiger partial charge in [-0.25, -0.2) is 0 Å². The van der Waals surface area contributed by atoms with Crippen molar-refractivity contribution < 1.29 is 0 Å². The van der Waals surface area contributed by atoms with Crippen molar-refractivity contribution in [3.8, 4) is 0 Å². The molecule has 0 unspecified atom stereocenters. The van der Waals surface area contributed by atoms with Gasteiger partial charge in [0.1, 0.15) is 0 Å². The molecule has 0 aliphatic heterocycles. The van der Waals surface area contributed by atoms with E-state index >= 15 is 0 Å². The van der Waals surface area contributed by atoms with E-state index in [1.54, 1.807) is 0 Å². The summed E-state index contributed by atoms with van der Waals surface area (Å²) in [7, 11) is 0. The zero-order chi connectivity index (χ0) is 13.5. The van der Waals surface area contributed by atoms with Crippen LogP contribution in [0.1, 0.15) is 5.56 Å². The first kappa shape index (κ1) is 14.3. The van der Waals surface area contributed by atoms with Crippen molar-refractivity contribution in [2.24, 2.45) is 0 Å². The van der Waals surface area contributed by atoms with E-state index in [0.717, 1.165) is 18.7 Å². The van der Waals surface area contributed by atoms with Crippen LogP contribution in [0, 0.1) is 3.57 Å². The maximum Gasteiger partial charge on any atom is 0.170 e. The van der Waals surface area contributed by atoms with Crippen LogP contribution < -0.4 is 10.6 Å². The Labute approximate surface area is 132 Å². The lowest BCUT2D eigenvalue weighted by molar-refractivity contribution is 0.873. The van der Waals surface area contributed by atoms with Crippen molar-refractivity contribution in [2.45, 2.75) is 6.42 Å². The summed E-state index contributed by atoms with van der Waals surface area (Å²) in [5, 5.41) is 7.04. The fourth-order valence-corrected chi connectivity index (χ4v) is 2.54. The molecule has 0 spiro atoms. The summed E-state index contributed by atoms with van der Waals surface area (Å²) in [4.78, 5) is 0. The molecule has 98 valence electrons. The first-order chi connectivity index (χ1) is 9.24. The highest BCUT2D eigenvalue weighted by Gasteiger charge is 1.97. The van der Waals surface area contributed by atoms with Gasteiger partial charge in [0.05, 0.1) is 0 Å². The van der Waals surface area contributed by atoms with Crippen molar-refractivity contribution in [3.05, 3.63) is 63.7 Å². The van der Waals surface area contributed by atoms with Crippen molar-refractivity contribution in [1.82, 2.24) is 5.32 Å². The molecular weight excluding hydrogens is 367 g/mol. The fraction of sp³-hybridized carbons (Fsp3) is 0.133. The van der Waals surface area contributed by atoms with Gasteiger partial charge in [-0.2, -0.15) is 0 Å². The molecule has 2 N–H and O–H groups in total. The topological polar surface area (TPSA) is 24.1 Å². The normalized spacial score (nSPS) is 9.95. The molecule has 0 saturated carbocycles. The average molecular weight is 382 g/mol. The zero-order valence-corrected chi connectivity index (χ0v) is 13.4. The number of hydrogen-bond donors (Lipinski definition) is 2. The molecule has 0 aromatic heterocycles. The van der Waals surface area contributed by atoms with E-state index in [9.17, 15) is 0 Å². The van der Waals surface area contributed by atoms with Crippen molar-refractivity contribution in [1.29, 1.82) is 0 Å². The van der Waals surface area contributed by atoms with Crippen LogP contribution in [-0.2, 0) is 6.42 Å². The standard InChI is InChI=1S/C15H15IN2S/c16-13-6-4-5-12(11-13)9-10-17-15(19)18-14-7-2-1-3-8-14/h1-8,11H,9-10H2,(H2,17,18,19). The molecule has 0 heterocycles. The number of para-hydroxylation sites is 1. The number of thiocarbonyl (C=S) groups is 1. The Morgan fingerprint density at radius 3 is 2.58 bits per heavy atom. The van der Waals surface area contributed by atoms with Crippen LogP contribution in [0.4, 0.5) is 5.69 Å². The van der Waals surface area contributed by atoms with Crippen LogP contribution in [0.5, 0.6) is 0 Å². The van der Waals surface area contributed by atoms with Crippen LogP contribution in [0.25, 0.3) is 0 Å². The Bertz CT molecular complexity index is 543. The van der Waals surface area contributed by atoms with E-state index in [-0.39, 0.29) is 0 Å². The Balaban J connectivity index is 1.75. The predicted molar refractivity (Wildman–Crippen MR) is 93.5 cm³/mol. The third kappa shape index (κ3) is 5.16. The Morgan fingerprint density at radius 2 is 1.84 bits per heavy atom. The van der Waals surface area contributed by atoms with Crippen molar-refractivity contribution >= 4 is 45.6 Å². The van der Waals surface area contributed by atoms with Gasteiger partial charge in [-0.1, -0.05) is 30.3 Å². The van der Waals surface area contributed by atoms with Gasteiger partial charge < -0.3 is 10.6 Å². The molecule has 2 rings (SSSR count). The van der Waals surface area contributed by atoms with Gasteiger partial charge >= 0.3 is 0 Å². The van der Waals surface area contributed by atoms with E-state index in [1.807, 2.05) is 30.3 Å². The lowest BCUT2D eigenvalue weighted by atomic mass is 10.1. The second-order valence-corrected chi connectivity index (χ2v) is 5.78. The molecule has 2 nitrogen and oxygen atoms in total. The van der Waals surface area contributed by atoms with Gasteiger partial charge in [-0.3, -0.25) is 0 Å². The van der Waals surface area contributed by atoms with Gasteiger partial charge in [0.2, 0.25) is 0 Å². The molecule has 0 radical (unpaired) electrons. The van der Waals surface area contributed by atoms with Crippen LogP contribution in [0.3, 0.4) is 0 Å². The number of rotatable bonds is 4. The summed E-state index contributed by atoms with van der Waals surface area (Å²) in [6, 6.07) is 18.4. The minimum atomic E-state index is 0.664. The van der Waals surface area contributed by atoms with E-state index in [0.29, 0.717) is 5.11 Å². The maximum absolute atomic E-state index is 5.25. The molecule has 19 heavy (non-hydrogen) atoms. The second kappa shape index (κ2) is 7.45. The molecule has 2 aromatic rings. The van der Waals surface area contributed by atoms with Crippen molar-refractivity contribution in [3.63, 3.8) is 0 Å². The first-order valence-electron chi connectivity index (χ1n) is 6.08. The monoisotopic (exact) mass is 382 g/mol. The summed E-state index contributed by atoms with van der Waals surface area (Å²) in [5.41, 5.74) is 2.33. The number of nitrogens with one attached hydrogen (secondary N) is 2. The highest BCUT2D eigenvalue weighted by Crippen LogP contribution is 2.08. The Morgan fingerprint density at radius 1 is 1.05 bits per heavy atom. The van der Waals surface area contributed by atoms with Crippen LogP contribution in [-0.4, -0.2) is 11.7 Å². The molecular formula is C15H15IN2S. The van der Waals surface area contributed by atoms with E-state index in [2.05, 4.69) is 57.5 Å². The summed E-state index contributed by atoms with van der Waals surface area (Å²) >= 11 is 7.58. The Kier molecular flexibility index (Phi) is 5.60. The maximum atomic E-state index is 5.25. The summed E-state index contributed by atoms with van der Waals surface area (Å²) in [6.07, 6.45) is 0.966. The highest BCUT2D eigenvalue weighted by atomic mass is 127. The van der Waals surface area contributed by atoms with E-state index < -0.39 is 0 Å². The lowest BCUT2D eigenvalue weighted by Gasteiger charge is -2.10. The van der Waals surface area contributed by atoms with Crippen molar-refractivity contribution in [2.75, 3.05) is 11.9 Å². The summed E-state index contributed by atoms with van der Waals surface area (Å²) in [6.45, 7) is 0.832. The fourth-order valence-electron chi connectivity index (χ4n) is 1.71. The summed E-state index contributed by atoms with van der Waals surface area (Å²) in [5.74, 6) is 0. The SMILES string of the molecule is S=C(NCCc1cccc(I)c1)Nc1ccccc1. The van der Waals surface area contributed by atoms with Crippen LogP contribution in [0.15, 0.2) is 54.6 Å². The second-order valence-electron chi connectivity index (χ2n) is 4.13. The number of halogens is 1. The summed E-state index contributed by atoms with van der Waals surface area (Å²) < 4.78 is 1.26. The molecule has 0 saturated heterocycles. The molecule has 2 aromatic carbocycles. The third-order valence-corrected chi connectivity index (χ3v) is 3.54. The molecule has 0 aliphatic rings. The minimum Gasteiger partial charge on any atom is -0.362 e. The average Bonchev–Trinajstić information content (AvgIpc) is 2.40. The molecule has 0 amide bonds. The van der Waals surface area contributed by atoms with Gasteiger partial charge in [-0.05, 0) is 71.1 Å². The van der Waals surface area contributed by atoms with Crippen LogP contribution in [0.2, 0.25) is 0 Å². The predicted octanol–water partition coefficient (Wildman–Crippen LogP) is 3.82. The molecule has 0 atom stereocenters. The number of benzene rings is 2. The van der Waals surface area contributed by atoms with Crippen LogP contribution >= 0.6 is 34.8 Å². The molecule has 0 fully saturated rings. The van der Waals surface area contributed by atoms with Gasteiger partial charge in [0, 0.05) is 15.8 Å². The van der Waals surface area contributed by atoms with E-state index in [1.165, 1.54) is 9.13 Å². The first-order valence-corrected chi connectivity index (χ1v) is 7.57. The largest absolute Gasteiger partial charge is 0.362 e. The molecule has 0 bridgehead atoms. The lowest BCUT2D eigenvalue weighted by Crippen LogP contribution is -2.30. The highest BCUT2D eigenvalue weighted by molar-refractivity contribution is 14.1. The zero-order valence-electron chi connectivity index (χ0n) is 10.4. The third-order valence-electron chi connectivity index (χ3n) is 2.62. The van der Waals surface area contributed by atoms with Gasteiger partial charge in [-0.15, -0.1) is 0 Å². The minimum absolute atomic E-state index is 0.664. The number of anilines is 1. The Hall–Kier alpha value is -1.14. The quantitative estimate of drug-likeness (QED) is 0.621. The molecule has 4 heteroatoms. The number of hydrogen-bond acceptors (Lipinski definition) is 1.